The standard InChI is InChI=1S/C14H17ClN2O3/c1-17-8-10(6-13(17)19)14(20)16-7-12(18)9-2-4-11(15)5-3-9/h2-5,10,12,18H,6-8H2,1H3,(H,16,20). The van der Waals surface area contributed by atoms with Crippen molar-refractivity contribution < 1.29 is 14.7 Å². The molecule has 6 heteroatoms. The van der Waals surface area contributed by atoms with Gasteiger partial charge in [0.05, 0.1) is 12.0 Å². The predicted molar refractivity (Wildman–Crippen MR) is 75.2 cm³/mol. The topological polar surface area (TPSA) is 69.6 Å². The molecule has 1 aliphatic rings. The Morgan fingerprint density at radius 3 is 2.70 bits per heavy atom. The van der Waals surface area contributed by atoms with Gasteiger partial charge in [0.1, 0.15) is 0 Å². The molecule has 108 valence electrons. The van der Waals surface area contributed by atoms with Gasteiger partial charge in [0, 0.05) is 31.6 Å². The Morgan fingerprint density at radius 2 is 2.15 bits per heavy atom. The fourth-order valence-electron chi connectivity index (χ4n) is 2.18. The largest absolute Gasteiger partial charge is 0.387 e. The molecule has 0 saturated carbocycles. The van der Waals surface area contributed by atoms with Gasteiger partial charge in [-0.2, -0.15) is 0 Å². The lowest BCUT2D eigenvalue weighted by Gasteiger charge is -2.15. The molecule has 1 aromatic carbocycles. The minimum absolute atomic E-state index is 0.0246. The zero-order chi connectivity index (χ0) is 14.7. The average Bonchev–Trinajstić information content (AvgIpc) is 2.76. The number of aliphatic hydroxyl groups excluding tert-OH is 1. The van der Waals surface area contributed by atoms with E-state index in [-0.39, 0.29) is 30.7 Å². The van der Waals surface area contributed by atoms with Crippen molar-refractivity contribution in [2.24, 2.45) is 5.92 Å². The van der Waals surface area contributed by atoms with Crippen molar-refractivity contribution >= 4 is 23.4 Å². The lowest BCUT2D eigenvalue weighted by Crippen LogP contribution is -2.34. The van der Waals surface area contributed by atoms with Crippen molar-refractivity contribution in [1.82, 2.24) is 10.2 Å². The van der Waals surface area contributed by atoms with Gasteiger partial charge in [-0.15, -0.1) is 0 Å². The van der Waals surface area contributed by atoms with Gasteiger partial charge in [-0.05, 0) is 17.7 Å². The first kappa shape index (κ1) is 14.8. The van der Waals surface area contributed by atoms with Crippen LogP contribution in [0.25, 0.3) is 0 Å². The minimum Gasteiger partial charge on any atom is -0.387 e. The van der Waals surface area contributed by atoms with E-state index >= 15 is 0 Å². The van der Waals surface area contributed by atoms with Gasteiger partial charge < -0.3 is 15.3 Å². The number of halogens is 1. The Morgan fingerprint density at radius 1 is 1.50 bits per heavy atom. The molecule has 2 unspecified atom stereocenters. The maximum Gasteiger partial charge on any atom is 0.225 e. The molecule has 0 spiro atoms. The van der Waals surface area contributed by atoms with Crippen LogP contribution in [0.4, 0.5) is 0 Å². The van der Waals surface area contributed by atoms with Gasteiger partial charge >= 0.3 is 0 Å². The third kappa shape index (κ3) is 3.49. The smallest absolute Gasteiger partial charge is 0.225 e. The lowest BCUT2D eigenvalue weighted by molar-refractivity contribution is -0.128. The first-order valence-electron chi connectivity index (χ1n) is 6.42. The lowest BCUT2D eigenvalue weighted by atomic mass is 10.1. The molecule has 0 bridgehead atoms. The van der Waals surface area contributed by atoms with Crippen LogP contribution < -0.4 is 5.32 Å². The summed E-state index contributed by atoms with van der Waals surface area (Å²) in [5.41, 5.74) is 0.689. The van der Waals surface area contributed by atoms with Crippen molar-refractivity contribution in [3.8, 4) is 0 Å². The fraction of sp³-hybridized carbons (Fsp3) is 0.429. The van der Waals surface area contributed by atoms with Crippen molar-refractivity contribution in [2.45, 2.75) is 12.5 Å². The number of nitrogens with zero attached hydrogens (tertiary/aromatic N) is 1. The van der Waals surface area contributed by atoms with Gasteiger partial charge in [0.15, 0.2) is 0 Å². The van der Waals surface area contributed by atoms with Crippen LogP contribution in [0.5, 0.6) is 0 Å². The van der Waals surface area contributed by atoms with Crippen LogP contribution in [-0.4, -0.2) is 42.0 Å². The highest BCUT2D eigenvalue weighted by atomic mass is 35.5. The average molecular weight is 297 g/mol. The molecule has 2 rings (SSSR count). The monoisotopic (exact) mass is 296 g/mol. The number of carbonyl (C=O) groups excluding carboxylic acids is 2. The van der Waals surface area contributed by atoms with E-state index in [1.165, 1.54) is 0 Å². The molecular weight excluding hydrogens is 280 g/mol. The van der Waals surface area contributed by atoms with Crippen LogP contribution >= 0.6 is 11.6 Å². The zero-order valence-corrected chi connectivity index (χ0v) is 11.9. The minimum atomic E-state index is -0.786. The summed E-state index contributed by atoms with van der Waals surface area (Å²) >= 11 is 5.77. The molecule has 1 heterocycles. The van der Waals surface area contributed by atoms with E-state index in [0.717, 1.165) is 0 Å². The van der Waals surface area contributed by atoms with Crippen molar-refractivity contribution in [1.29, 1.82) is 0 Å². The second-order valence-electron chi connectivity index (χ2n) is 4.99. The molecule has 2 amide bonds. The molecule has 0 radical (unpaired) electrons. The van der Waals surface area contributed by atoms with Gasteiger partial charge in [-0.3, -0.25) is 9.59 Å². The number of hydrogen-bond acceptors (Lipinski definition) is 3. The summed E-state index contributed by atoms with van der Waals surface area (Å²) in [5.74, 6) is -0.552. The van der Waals surface area contributed by atoms with E-state index < -0.39 is 6.10 Å². The number of aliphatic hydroxyl groups is 1. The molecule has 2 atom stereocenters. The van der Waals surface area contributed by atoms with E-state index in [1.807, 2.05) is 0 Å². The van der Waals surface area contributed by atoms with Gasteiger partial charge in [0.2, 0.25) is 11.8 Å². The quantitative estimate of drug-likeness (QED) is 0.870. The maximum absolute atomic E-state index is 11.9. The van der Waals surface area contributed by atoms with Gasteiger partial charge in [0.25, 0.3) is 0 Å². The highest BCUT2D eigenvalue weighted by Crippen LogP contribution is 2.18. The third-order valence-corrected chi connectivity index (χ3v) is 3.69. The predicted octanol–water partition coefficient (Wildman–Crippen LogP) is 0.968. The van der Waals surface area contributed by atoms with Crippen molar-refractivity contribution in [2.75, 3.05) is 20.1 Å². The van der Waals surface area contributed by atoms with E-state index in [0.29, 0.717) is 17.1 Å². The Labute approximate surface area is 122 Å². The first-order valence-corrected chi connectivity index (χ1v) is 6.80. The summed E-state index contributed by atoms with van der Waals surface area (Å²) < 4.78 is 0. The molecule has 0 aliphatic carbocycles. The third-order valence-electron chi connectivity index (χ3n) is 3.44. The second kappa shape index (κ2) is 6.24. The summed E-state index contributed by atoms with van der Waals surface area (Å²) in [6.07, 6.45) is -0.551. The van der Waals surface area contributed by atoms with E-state index in [4.69, 9.17) is 11.6 Å². The molecule has 1 saturated heterocycles. The molecule has 1 fully saturated rings. The summed E-state index contributed by atoms with van der Waals surface area (Å²) in [4.78, 5) is 24.8. The van der Waals surface area contributed by atoms with Gasteiger partial charge in [-0.25, -0.2) is 0 Å². The van der Waals surface area contributed by atoms with Crippen LogP contribution in [-0.2, 0) is 9.59 Å². The van der Waals surface area contributed by atoms with E-state index in [2.05, 4.69) is 5.32 Å². The van der Waals surface area contributed by atoms with Crippen LogP contribution in [0.1, 0.15) is 18.1 Å². The number of hydrogen-bond donors (Lipinski definition) is 2. The van der Waals surface area contributed by atoms with Crippen LogP contribution in [0, 0.1) is 5.92 Å². The summed E-state index contributed by atoms with van der Waals surface area (Å²) in [7, 11) is 1.68. The van der Waals surface area contributed by atoms with E-state index in [1.54, 1.807) is 36.2 Å². The number of benzene rings is 1. The maximum atomic E-state index is 11.9. The van der Waals surface area contributed by atoms with E-state index in [9.17, 15) is 14.7 Å². The molecule has 1 aliphatic heterocycles. The molecule has 5 nitrogen and oxygen atoms in total. The van der Waals surface area contributed by atoms with Gasteiger partial charge in [-0.1, -0.05) is 23.7 Å². The fourth-order valence-corrected chi connectivity index (χ4v) is 2.31. The van der Waals surface area contributed by atoms with Crippen molar-refractivity contribution in [3.05, 3.63) is 34.9 Å². The summed E-state index contributed by atoms with van der Waals surface area (Å²) in [6.45, 7) is 0.552. The molecule has 2 N–H and O–H groups in total. The van der Waals surface area contributed by atoms with Crippen LogP contribution in [0.2, 0.25) is 5.02 Å². The highest BCUT2D eigenvalue weighted by molar-refractivity contribution is 6.30. The molecule has 1 aromatic rings. The normalized spacial score (nSPS) is 20.1. The Balaban J connectivity index is 1.84. The first-order chi connectivity index (χ1) is 9.47. The zero-order valence-electron chi connectivity index (χ0n) is 11.2. The Kier molecular flexibility index (Phi) is 4.62. The van der Waals surface area contributed by atoms with Crippen LogP contribution in [0.15, 0.2) is 24.3 Å². The van der Waals surface area contributed by atoms with Crippen molar-refractivity contribution in [3.63, 3.8) is 0 Å². The number of amides is 2. The highest BCUT2D eigenvalue weighted by Gasteiger charge is 2.32. The number of nitrogens with one attached hydrogen (secondary N) is 1. The van der Waals surface area contributed by atoms with Crippen LogP contribution in [0.3, 0.4) is 0 Å². The summed E-state index contributed by atoms with van der Waals surface area (Å²) in [5, 5.41) is 13.2. The molecule has 20 heavy (non-hydrogen) atoms. The molecular formula is C14H17ClN2O3. The molecule has 0 aromatic heterocycles. The number of likely N-dealkylation sites (tertiary alicyclic amines) is 1. The Hall–Kier alpha value is -1.59. The number of carbonyl (C=O) groups is 2. The SMILES string of the molecule is CN1CC(C(=O)NCC(O)c2ccc(Cl)cc2)CC1=O. The summed E-state index contributed by atoms with van der Waals surface area (Å²) in [6, 6.07) is 6.80. The Bertz CT molecular complexity index is 504. The number of rotatable bonds is 4. The second-order valence-corrected chi connectivity index (χ2v) is 5.42.